The third-order valence-electron chi connectivity index (χ3n) is 3.07. The minimum Gasteiger partial charge on any atom is -0.324 e. The lowest BCUT2D eigenvalue weighted by atomic mass is 9.98. The predicted octanol–water partition coefficient (Wildman–Crippen LogP) is 4.74. The average Bonchev–Trinajstić information content (AvgIpc) is 2.41. The number of hydrogen-bond donors (Lipinski definition) is 1. The summed E-state index contributed by atoms with van der Waals surface area (Å²) in [6, 6.07) is 7.97. The van der Waals surface area contributed by atoms with E-state index in [9.17, 15) is 17.6 Å². The highest BCUT2D eigenvalue weighted by molar-refractivity contribution is 6.31. The molecule has 0 heterocycles. The van der Waals surface area contributed by atoms with E-state index in [-0.39, 0.29) is 11.4 Å². The van der Waals surface area contributed by atoms with Crippen LogP contribution >= 0.6 is 11.6 Å². The Labute approximate surface area is 124 Å². The molecule has 0 spiro atoms. The zero-order chi connectivity index (χ0) is 15.6. The van der Waals surface area contributed by atoms with Crippen molar-refractivity contribution >= 4 is 11.6 Å². The van der Waals surface area contributed by atoms with Gasteiger partial charge in [0.15, 0.2) is 0 Å². The molecular weight excluding hydrogens is 306 g/mol. The molecule has 0 fully saturated rings. The molecule has 1 unspecified atom stereocenters. The highest BCUT2D eigenvalue weighted by atomic mass is 35.5. The maximum absolute atomic E-state index is 13.2. The summed E-state index contributed by atoms with van der Waals surface area (Å²) in [6.07, 6.45) is -4.27. The van der Waals surface area contributed by atoms with Crippen molar-refractivity contribution in [2.75, 3.05) is 0 Å². The van der Waals surface area contributed by atoms with Gasteiger partial charge in [-0.25, -0.2) is 4.39 Å². The first-order valence-corrected chi connectivity index (χ1v) is 6.52. The van der Waals surface area contributed by atoms with Crippen LogP contribution in [0.25, 0.3) is 0 Å². The topological polar surface area (TPSA) is 26.0 Å². The molecule has 2 aromatic rings. The summed E-state index contributed by atoms with van der Waals surface area (Å²) in [5.74, 6) is -0.492. The van der Waals surface area contributed by atoms with Crippen molar-refractivity contribution in [3.05, 3.63) is 70.0 Å². The first-order chi connectivity index (χ1) is 9.77. The highest BCUT2D eigenvalue weighted by Crippen LogP contribution is 2.31. The summed E-state index contributed by atoms with van der Waals surface area (Å²) in [5.41, 5.74) is 5.97. The van der Waals surface area contributed by atoms with Gasteiger partial charge in [0.25, 0.3) is 0 Å². The molecule has 1 nitrogen and oxygen atoms in total. The van der Waals surface area contributed by atoms with E-state index in [1.54, 1.807) is 6.07 Å². The van der Waals surface area contributed by atoms with Crippen molar-refractivity contribution in [1.82, 2.24) is 0 Å². The van der Waals surface area contributed by atoms with Crippen molar-refractivity contribution < 1.29 is 17.6 Å². The number of alkyl halides is 3. The molecule has 0 radical (unpaired) electrons. The Morgan fingerprint density at radius 1 is 1.10 bits per heavy atom. The van der Waals surface area contributed by atoms with E-state index in [0.717, 1.165) is 12.1 Å². The second-order valence-electron chi connectivity index (χ2n) is 4.67. The van der Waals surface area contributed by atoms with E-state index in [1.165, 1.54) is 24.3 Å². The average molecular weight is 318 g/mol. The lowest BCUT2D eigenvalue weighted by Gasteiger charge is -2.15. The summed E-state index contributed by atoms with van der Waals surface area (Å²) < 4.78 is 51.1. The lowest BCUT2D eigenvalue weighted by molar-refractivity contribution is -0.137. The molecular formula is C15H12ClF4N. The minimum absolute atomic E-state index is 0.132. The maximum atomic E-state index is 13.2. The van der Waals surface area contributed by atoms with Crippen molar-refractivity contribution in [1.29, 1.82) is 0 Å². The second kappa shape index (κ2) is 6.03. The van der Waals surface area contributed by atoms with Crippen molar-refractivity contribution in [3.63, 3.8) is 0 Å². The number of halogens is 5. The number of hydrogen-bond acceptors (Lipinski definition) is 1. The first-order valence-electron chi connectivity index (χ1n) is 6.14. The fraction of sp³-hybridized carbons (Fsp3) is 0.200. The van der Waals surface area contributed by atoms with Gasteiger partial charge in [0.05, 0.1) is 5.56 Å². The summed E-state index contributed by atoms with van der Waals surface area (Å²) in [5, 5.41) is 0.288. The quantitative estimate of drug-likeness (QED) is 0.813. The minimum atomic E-state index is -4.41. The molecule has 2 aromatic carbocycles. The van der Waals surface area contributed by atoms with Gasteiger partial charge in [0.1, 0.15) is 5.82 Å². The molecule has 2 N–H and O–H groups in total. The molecule has 112 valence electrons. The Balaban J connectivity index is 2.23. The van der Waals surface area contributed by atoms with Gasteiger partial charge < -0.3 is 5.73 Å². The molecule has 0 aliphatic heterocycles. The third kappa shape index (κ3) is 3.95. The monoisotopic (exact) mass is 317 g/mol. The van der Waals surface area contributed by atoms with Gasteiger partial charge in [-0.15, -0.1) is 0 Å². The van der Waals surface area contributed by atoms with E-state index in [0.29, 0.717) is 11.1 Å². The predicted molar refractivity (Wildman–Crippen MR) is 73.5 cm³/mol. The van der Waals surface area contributed by atoms with Crippen LogP contribution in [0, 0.1) is 5.82 Å². The molecule has 6 heteroatoms. The highest BCUT2D eigenvalue weighted by Gasteiger charge is 2.30. The van der Waals surface area contributed by atoms with Crippen LogP contribution in [-0.2, 0) is 12.6 Å². The van der Waals surface area contributed by atoms with Crippen LogP contribution in [0.5, 0.6) is 0 Å². The molecule has 2 rings (SSSR count). The Hall–Kier alpha value is -1.59. The van der Waals surface area contributed by atoms with E-state index in [1.807, 2.05) is 0 Å². The molecule has 0 aliphatic carbocycles. The van der Waals surface area contributed by atoms with Crippen LogP contribution < -0.4 is 5.73 Å². The van der Waals surface area contributed by atoms with Gasteiger partial charge in [-0.2, -0.15) is 13.2 Å². The van der Waals surface area contributed by atoms with Gasteiger partial charge in [-0.3, -0.25) is 0 Å². The van der Waals surface area contributed by atoms with Gasteiger partial charge in [0.2, 0.25) is 0 Å². The van der Waals surface area contributed by atoms with Crippen LogP contribution in [0.1, 0.15) is 22.7 Å². The zero-order valence-electron chi connectivity index (χ0n) is 10.8. The molecule has 0 aliphatic rings. The molecule has 1 atom stereocenters. The fourth-order valence-electron chi connectivity index (χ4n) is 2.04. The van der Waals surface area contributed by atoms with Gasteiger partial charge in [0, 0.05) is 11.1 Å². The molecule has 21 heavy (non-hydrogen) atoms. The normalized spacial score (nSPS) is 13.2. The van der Waals surface area contributed by atoms with Gasteiger partial charge in [-0.05, 0) is 41.8 Å². The Morgan fingerprint density at radius 2 is 1.81 bits per heavy atom. The number of nitrogens with two attached hydrogens (primary N) is 1. The molecule has 0 saturated heterocycles. The van der Waals surface area contributed by atoms with Crippen molar-refractivity contribution in [3.8, 4) is 0 Å². The van der Waals surface area contributed by atoms with E-state index < -0.39 is 23.6 Å². The Kier molecular flexibility index (Phi) is 4.54. The second-order valence-corrected chi connectivity index (χ2v) is 5.08. The van der Waals surface area contributed by atoms with Crippen LogP contribution in [0.3, 0.4) is 0 Å². The summed E-state index contributed by atoms with van der Waals surface area (Å²) >= 11 is 5.93. The maximum Gasteiger partial charge on any atom is 0.416 e. The molecule has 0 aromatic heterocycles. The van der Waals surface area contributed by atoms with Crippen molar-refractivity contribution in [2.24, 2.45) is 5.73 Å². The number of benzene rings is 2. The molecule has 0 saturated carbocycles. The molecule has 0 amide bonds. The van der Waals surface area contributed by atoms with E-state index in [4.69, 9.17) is 17.3 Å². The molecule has 0 bridgehead atoms. The SMILES string of the molecule is NC(Cc1cccc(C(F)(F)F)c1)c1cc(F)ccc1Cl. The summed E-state index contributed by atoms with van der Waals surface area (Å²) in [7, 11) is 0. The first kappa shape index (κ1) is 15.8. The Bertz CT molecular complexity index is 640. The van der Waals surface area contributed by atoms with Crippen LogP contribution in [-0.4, -0.2) is 0 Å². The fourth-order valence-corrected chi connectivity index (χ4v) is 2.29. The number of rotatable bonds is 3. The smallest absolute Gasteiger partial charge is 0.324 e. The van der Waals surface area contributed by atoms with E-state index >= 15 is 0 Å². The van der Waals surface area contributed by atoms with Gasteiger partial charge >= 0.3 is 6.18 Å². The van der Waals surface area contributed by atoms with E-state index in [2.05, 4.69) is 0 Å². The van der Waals surface area contributed by atoms with Gasteiger partial charge in [-0.1, -0.05) is 29.8 Å². The summed E-state index contributed by atoms with van der Waals surface area (Å²) in [4.78, 5) is 0. The third-order valence-corrected chi connectivity index (χ3v) is 3.41. The zero-order valence-corrected chi connectivity index (χ0v) is 11.5. The summed E-state index contributed by atoms with van der Waals surface area (Å²) in [6.45, 7) is 0. The van der Waals surface area contributed by atoms with Crippen LogP contribution in [0.2, 0.25) is 5.02 Å². The lowest BCUT2D eigenvalue weighted by Crippen LogP contribution is -2.15. The van der Waals surface area contributed by atoms with Crippen LogP contribution in [0.4, 0.5) is 17.6 Å². The Morgan fingerprint density at radius 3 is 2.48 bits per heavy atom. The van der Waals surface area contributed by atoms with Crippen LogP contribution in [0.15, 0.2) is 42.5 Å². The van der Waals surface area contributed by atoms with Crippen molar-refractivity contribution in [2.45, 2.75) is 18.6 Å². The largest absolute Gasteiger partial charge is 0.416 e. The standard InChI is InChI=1S/C15H12ClF4N/c16-13-5-4-11(17)8-12(13)14(21)7-9-2-1-3-10(6-9)15(18,19)20/h1-6,8,14H,7,21H2.